The second-order valence-corrected chi connectivity index (χ2v) is 6.60. The highest BCUT2D eigenvalue weighted by atomic mass is 19.1. The van der Waals surface area contributed by atoms with Gasteiger partial charge in [0.05, 0.1) is 7.11 Å². The molecular weight excluding hydrogens is 318 g/mol. The van der Waals surface area contributed by atoms with Crippen LogP contribution in [0.3, 0.4) is 0 Å². The van der Waals surface area contributed by atoms with Gasteiger partial charge in [-0.15, -0.1) is 0 Å². The molecule has 0 N–H and O–H groups in total. The number of benzene rings is 2. The van der Waals surface area contributed by atoms with E-state index in [4.69, 9.17) is 4.74 Å². The number of fused-ring (bicyclic) bond motifs is 1. The summed E-state index contributed by atoms with van der Waals surface area (Å²) in [5.74, 6) is -0.224. The average Bonchev–Trinajstić information content (AvgIpc) is 2.62. The van der Waals surface area contributed by atoms with Crippen molar-refractivity contribution in [3.63, 3.8) is 0 Å². The first-order valence-corrected chi connectivity index (χ1v) is 8.96. The van der Waals surface area contributed by atoms with Gasteiger partial charge in [0.1, 0.15) is 5.82 Å². The van der Waals surface area contributed by atoms with Gasteiger partial charge in [0.2, 0.25) is 0 Å². The fourth-order valence-corrected chi connectivity index (χ4v) is 3.45. The highest BCUT2D eigenvalue weighted by molar-refractivity contribution is 5.71. The Hall–Kier alpha value is -2.16. The van der Waals surface area contributed by atoms with E-state index in [9.17, 15) is 8.78 Å². The Bertz CT molecular complexity index is 793. The second kappa shape index (κ2) is 7.81. The van der Waals surface area contributed by atoms with Crippen LogP contribution in [0.1, 0.15) is 48.4 Å². The van der Waals surface area contributed by atoms with Crippen molar-refractivity contribution in [2.45, 2.75) is 45.4 Å². The number of hydrogen-bond donors (Lipinski definition) is 0. The summed E-state index contributed by atoms with van der Waals surface area (Å²) >= 11 is 0. The standard InChI is InChI=1S/C22H24F2O/c1-3-4-5-6-15-7-10-18(20(23)13-15)16-8-11-19-17(14-16)9-12-21(25-2)22(19)24/h7-10,12-13H,3-6,11,14H2,1-2H3. The van der Waals surface area contributed by atoms with Crippen LogP contribution in [0, 0.1) is 11.6 Å². The minimum atomic E-state index is -0.304. The van der Waals surface area contributed by atoms with Gasteiger partial charge in [0.25, 0.3) is 0 Å². The van der Waals surface area contributed by atoms with Crippen LogP contribution in [-0.4, -0.2) is 7.11 Å². The van der Waals surface area contributed by atoms with E-state index in [1.807, 2.05) is 24.3 Å². The second-order valence-electron chi connectivity index (χ2n) is 6.60. The lowest BCUT2D eigenvalue weighted by Crippen LogP contribution is -2.07. The predicted octanol–water partition coefficient (Wildman–Crippen LogP) is 5.89. The Morgan fingerprint density at radius 3 is 2.64 bits per heavy atom. The minimum absolute atomic E-state index is 0.183. The van der Waals surface area contributed by atoms with Crippen molar-refractivity contribution < 1.29 is 13.5 Å². The summed E-state index contributed by atoms with van der Waals surface area (Å²) < 4.78 is 34.0. The Labute approximate surface area is 148 Å². The Morgan fingerprint density at radius 2 is 1.92 bits per heavy atom. The Balaban J connectivity index is 1.80. The van der Waals surface area contributed by atoms with E-state index in [-0.39, 0.29) is 17.4 Å². The van der Waals surface area contributed by atoms with Crippen LogP contribution in [0.4, 0.5) is 8.78 Å². The van der Waals surface area contributed by atoms with Gasteiger partial charge in [0, 0.05) is 5.56 Å². The lowest BCUT2D eigenvalue weighted by atomic mass is 9.87. The summed E-state index contributed by atoms with van der Waals surface area (Å²) in [6.07, 6.45) is 7.27. The fraction of sp³-hybridized carbons (Fsp3) is 0.364. The van der Waals surface area contributed by atoms with Gasteiger partial charge in [-0.1, -0.05) is 44.0 Å². The van der Waals surface area contributed by atoms with E-state index in [2.05, 4.69) is 6.92 Å². The summed E-state index contributed by atoms with van der Waals surface area (Å²) in [6, 6.07) is 9.05. The van der Waals surface area contributed by atoms with Crippen molar-refractivity contribution in [1.29, 1.82) is 0 Å². The van der Waals surface area contributed by atoms with Crippen molar-refractivity contribution in [1.82, 2.24) is 0 Å². The summed E-state index contributed by atoms with van der Waals surface area (Å²) in [4.78, 5) is 0. The van der Waals surface area contributed by atoms with E-state index in [1.165, 1.54) is 13.5 Å². The lowest BCUT2D eigenvalue weighted by molar-refractivity contribution is 0.384. The molecule has 3 rings (SSSR count). The van der Waals surface area contributed by atoms with Crippen LogP contribution in [0.2, 0.25) is 0 Å². The first-order valence-electron chi connectivity index (χ1n) is 8.96. The van der Waals surface area contributed by atoms with Crippen molar-refractivity contribution >= 4 is 5.57 Å². The fourth-order valence-electron chi connectivity index (χ4n) is 3.45. The third kappa shape index (κ3) is 3.76. The predicted molar refractivity (Wildman–Crippen MR) is 98.0 cm³/mol. The van der Waals surface area contributed by atoms with E-state index in [0.29, 0.717) is 24.0 Å². The van der Waals surface area contributed by atoms with Crippen LogP contribution < -0.4 is 4.74 Å². The summed E-state index contributed by atoms with van der Waals surface area (Å²) in [6.45, 7) is 2.16. The molecule has 0 unspecified atom stereocenters. The molecule has 0 fully saturated rings. The monoisotopic (exact) mass is 342 g/mol. The summed E-state index contributed by atoms with van der Waals surface area (Å²) in [5.41, 5.74) is 4.15. The van der Waals surface area contributed by atoms with E-state index in [0.717, 1.165) is 36.0 Å². The molecule has 0 atom stereocenters. The molecule has 0 saturated heterocycles. The Kier molecular flexibility index (Phi) is 5.52. The SMILES string of the molecule is CCCCCc1ccc(C2=CCc3c(ccc(OC)c3F)C2)c(F)c1. The van der Waals surface area contributed by atoms with Crippen LogP contribution >= 0.6 is 0 Å². The maximum absolute atomic E-state index is 14.6. The van der Waals surface area contributed by atoms with Crippen molar-refractivity contribution in [3.8, 4) is 5.75 Å². The van der Waals surface area contributed by atoms with Gasteiger partial charge in [0.15, 0.2) is 11.6 Å². The van der Waals surface area contributed by atoms with Gasteiger partial charge in [-0.3, -0.25) is 0 Å². The highest BCUT2D eigenvalue weighted by Gasteiger charge is 2.20. The zero-order valence-corrected chi connectivity index (χ0v) is 14.9. The van der Waals surface area contributed by atoms with Crippen molar-refractivity contribution in [2.75, 3.05) is 7.11 Å². The largest absolute Gasteiger partial charge is 0.494 e. The molecule has 3 heteroatoms. The van der Waals surface area contributed by atoms with Crippen molar-refractivity contribution in [2.24, 2.45) is 0 Å². The lowest BCUT2D eigenvalue weighted by Gasteiger charge is -2.20. The number of allylic oxidation sites excluding steroid dienone is 2. The molecule has 0 spiro atoms. The summed E-state index contributed by atoms with van der Waals surface area (Å²) in [7, 11) is 1.46. The van der Waals surface area contributed by atoms with Gasteiger partial charge >= 0.3 is 0 Å². The van der Waals surface area contributed by atoms with Crippen LogP contribution in [-0.2, 0) is 19.3 Å². The van der Waals surface area contributed by atoms with Gasteiger partial charge in [-0.2, -0.15) is 0 Å². The number of methoxy groups -OCH3 is 1. The quantitative estimate of drug-likeness (QED) is 0.595. The third-order valence-electron chi connectivity index (χ3n) is 4.91. The third-order valence-corrected chi connectivity index (χ3v) is 4.91. The smallest absolute Gasteiger partial charge is 0.168 e. The van der Waals surface area contributed by atoms with Gasteiger partial charge in [-0.25, -0.2) is 8.78 Å². The minimum Gasteiger partial charge on any atom is -0.494 e. The first kappa shape index (κ1) is 17.7. The molecule has 0 aromatic heterocycles. The zero-order chi connectivity index (χ0) is 17.8. The molecule has 0 heterocycles. The molecule has 0 aliphatic heterocycles. The number of rotatable bonds is 6. The normalized spacial score (nSPS) is 13.4. The van der Waals surface area contributed by atoms with E-state index < -0.39 is 0 Å². The van der Waals surface area contributed by atoms with Crippen LogP contribution in [0.25, 0.3) is 5.57 Å². The number of ether oxygens (including phenoxy) is 1. The molecule has 0 saturated carbocycles. The van der Waals surface area contributed by atoms with Crippen molar-refractivity contribution in [3.05, 3.63) is 70.3 Å². The summed E-state index contributed by atoms with van der Waals surface area (Å²) in [5, 5.41) is 0. The molecule has 0 bridgehead atoms. The molecule has 1 nitrogen and oxygen atoms in total. The molecule has 0 amide bonds. The van der Waals surface area contributed by atoms with E-state index >= 15 is 0 Å². The maximum atomic E-state index is 14.6. The number of unbranched alkanes of at least 4 members (excludes halogenated alkanes) is 2. The molecule has 1 aliphatic carbocycles. The van der Waals surface area contributed by atoms with Gasteiger partial charge in [-0.05, 0) is 60.1 Å². The maximum Gasteiger partial charge on any atom is 0.168 e. The van der Waals surface area contributed by atoms with Crippen LogP contribution in [0.5, 0.6) is 5.75 Å². The zero-order valence-electron chi connectivity index (χ0n) is 14.9. The molecule has 2 aromatic rings. The van der Waals surface area contributed by atoms with E-state index in [1.54, 1.807) is 12.1 Å². The molecular formula is C22H24F2O. The highest BCUT2D eigenvalue weighted by Crippen LogP contribution is 2.33. The molecule has 2 aromatic carbocycles. The molecule has 25 heavy (non-hydrogen) atoms. The van der Waals surface area contributed by atoms with Gasteiger partial charge < -0.3 is 4.74 Å². The first-order chi connectivity index (χ1) is 12.1. The molecule has 132 valence electrons. The number of hydrogen-bond acceptors (Lipinski definition) is 1. The molecule has 0 radical (unpaired) electrons. The topological polar surface area (TPSA) is 9.23 Å². The molecule has 1 aliphatic rings. The number of halogens is 2. The van der Waals surface area contributed by atoms with Crippen LogP contribution in [0.15, 0.2) is 36.4 Å². The Morgan fingerprint density at radius 1 is 1.08 bits per heavy atom. The average molecular weight is 342 g/mol. The number of aryl methyl sites for hydroxylation is 1.